The van der Waals surface area contributed by atoms with Crippen molar-refractivity contribution in [1.29, 1.82) is 0 Å². The highest BCUT2D eigenvalue weighted by molar-refractivity contribution is 7.92. The molecular weight excluding hydrogens is 578 g/mol. The number of anilines is 1. The first-order valence-corrected chi connectivity index (χ1v) is 15.5. The number of benzene rings is 3. The molecule has 0 aliphatic rings. The minimum atomic E-state index is -4.23. The second-order valence-electron chi connectivity index (χ2n) is 9.80. The number of hydrogen-bond donors (Lipinski definition) is 1. The lowest BCUT2D eigenvalue weighted by molar-refractivity contribution is -0.139. The van der Waals surface area contributed by atoms with Gasteiger partial charge in [-0.15, -0.1) is 0 Å². The molecule has 226 valence electrons. The Hall–Kier alpha value is -3.76. The summed E-state index contributed by atoms with van der Waals surface area (Å²) in [7, 11) is -1.31. The Morgan fingerprint density at radius 1 is 0.976 bits per heavy atom. The molecule has 3 aromatic carbocycles. The summed E-state index contributed by atoms with van der Waals surface area (Å²) in [5.41, 5.74) is 1.70. The van der Waals surface area contributed by atoms with Crippen molar-refractivity contribution in [3.63, 3.8) is 0 Å². The van der Waals surface area contributed by atoms with Gasteiger partial charge in [0.15, 0.2) is 11.5 Å². The maximum atomic E-state index is 14.1. The van der Waals surface area contributed by atoms with Crippen molar-refractivity contribution in [2.75, 3.05) is 31.6 Å². The molecule has 0 aliphatic heterocycles. The highest BCUT2D eigenvalue weighted by Gasteiger charge is 2.33. The second kappa shape index (κ2) is 14.9. The molecule has 1 N–H and O–H groups in total. The van der Waals surface area contributed by atoms with Gasteiger partial charge in [0.05, 0.1) is 24.8 Å². The first kappa shape index (κ1) is 32.8. The fraction of sp³-hybridized carbons (Fsp3) is 0.355. The van der Waals surface area contributed by atoms with Gasteiger partial charge in [0.1, 0.15) is 12.6 Å². The number of aryl methyl sites for hydroxylation is 1. The maximum Gasteiger partial charge on any atom is 0.264 e. The number of amides is 2. The number of carbonyl (C=O) groups is 2. The number of nitrogens with zero attached hydrogens (tertiary/aromatic N) is 2. The van der Waals surface area contributed by atoms with Crippen LogP contribution in [0.1, 0.15) is 37.8 Å². The Morgan fingerprint density at radius 3 is 2.26 bits per heavy atom. The van der Waals surface area contributed by atoms with E-state index in [0.29, 0.717) is 28.6 Å². The molecule has 0 spiro atoms. The van der Waals surface area contributed by atoms with E-state index in [1.165, 1.54) is 37.3 Å². The Morgan fingerprint density at radius 2 is 1.64 bits per heavy atom. The Bertz CT molecular complexity index is 1480. The summed E-state index contributed by atoms with van der Waals surface area (Å²) in [6.45, 7) is 5.37. The fourth-order valence-corrected chi connectivity index (χ4v) is 5.88. The average molecular weight is 616 g/mol. The molecule has 42 heavy (non-hydrogen) atoms. The van der Waals surface area contributed by atoms with Crippen molar-refractivity contribution >= 4 is 39.1 Å². The minimum Gasteiger partial charge on any atom is -0.493 e. The predicted octanol–water partition coefficient (Wildman–Crippen LogP) is 5.19. The van der Waals surface area contributed by atoms with Gasteiger partial charge < -0.3 is 19.7 Å². The Balaban J connectivity index is 2.07. The van der Waals surface area contributed by atoms with Crippen LogP contribution in [0.25, 0.3) is 0 Å². The molecule has 2 amide bonds. The summed E-state index contributed by atoms with van der Waals surface area (Å²) in [6.07, 6.45) is 1.69. The third-order valence-corrected chi connectivity index (χ3v) is 9.00. The highest BCUT2D eigenvalue weighted by atomic mass is 35.5. The zero-order chi connectivity index (χ0) is 30.9. The van der Waals surface area contributed by atoms with Gasteiger partial charge in [-0.3, -0.25) is 13.9 Å². The fourth-order valence-electron chi connectivity index (χ4n) is 4.28. The maximum absolute atomic E-state index is 14.1. The quantitative estimate of drug-likeness (QED) is 0.250. The van der Waals surface area contributed by atoms with Crippen LogP contribution in [0.4, 0.5) is 5.69 Å². The molecule has 0 bridgehead atoms. The van der Waals surface area contributed by atoms with E-state index >= 15 is 0 Å². The standard InChI is InChI=1S/C31H38ClN3O6S/c1-6-7-18-33-31(37)23(3)34(20-24-10-8-9-11-27(24)32)30(36)21-35(25-14-17-28(40-4)29(19-25)41-5)42(38,39)26-15-12-22(2)13-16-26/h8-17,19,23H,6-7,18,20-21H2,1-5H3,(H,33,37)/t23-/m1/s1. The zero-order valence-corrected chi connectivity index (χ0v) is 26.2. The third kappa shape index (κ3) is 7.95. The normalized spacial score (nSPS) is 11.9. The third-order valence-electron chi connectivity index (χ3n) is 6.84. The van der Waals surface area contributed by atoms with Gasteiger partial charge in [-0.05, 0) is 56.2 Å². The van der Waals surface area contributed by atoms with E-state index in [1.54, 1.807) is 55.5 Å². The average Bonchev–Trinajstić information content (AvgIpc) is 2.98. The van der Waals surface area contributed by atoms with Gasteiger partial charge in [-0.1, -0.05) is 60.8 Å². The molecule has 1 atom stereocenters. The summed E-state index contributed by atoms with van der Waals surface area (Å²) in [5.74, 6) is -0.234. The van der Waals surface area contributed by atoms with Crippen molar-refractivity contribution in [1.82, 2.24) is 10.2 Å². The molecule has 11 heteroatoms. The molecule has 0 aromatic heterocycles. The number of unbranched alkanes of at least 4 members (excludes halogenated alkanes) is 1. The van der Waals surface area contributed by atoms with Crippen LogP contribution >= 0.6 is 11.6 Å². The van der Waals surface area contributed by atoms with Crippen LogP contribution in [0, 0.1) is 6.92 Å². The van der Waals surface area contributed by atoms with Crippen LogP contribution in [-0.4, -0.2) is 58.5 Å². The van der Waals surface area contributed by atoms with E-state index in [1.807, 2.05) is 13.8 Å². The summed E-state index contributed by atoms with van der Waals surface area (Å²) in [6, 6.07) is 17.1. The van der Waals surface area contributed by atoms with E-state index < -0.39 is 28.5 Å². The summed E-state index contributed by atoms with van der Waals surface area (Å²) in [4.78, 5) is 28.5. The molecule has 3 aromatic rings. The van der Waals surface area contributed by atoms with E-state index in [9.17, 15) is 18.0 Å². The van der Waals surface area contributed by atoms with Crippen molar-refractivity contribution < 1.29 is 27.5 Å². The molecule has 0 aliphatic carbocycles. The van der Waals surface area contributed by atoms with Gasteiger partial charge in [-0.2, -0.15) is 0 Å². The molecule has 0 saturated heterocycles. The number of sulfonamides is 1. The molecule has 3 rings (SSSR count). The smallest absolute Gasteiger partial charge is 0.264 e. The highest BCUT2D eigenvalue weighted by Crippen LogP contribution is 2.34. The Labute approximate surface area is 253 Å². The first-order valence-electron chi connectivity index (χ1n) is 13.7. The number of carbonyl (C=O) groups excluding carboxylic acids is 2. The van der Waals surface area contributed by atoms with Crippen molar-refractivity contribution in [2.24, 2.45) is 0 Å². The lowest BCUT2D eigenvalue weighted by Gasteiger charge is -2.32. The van der Waals surface area contributed by atoms with Crippen LogP contribution in [0.5, 0.6) is 11.5 Å². The van der Waals surface area contributed by atoms with Crippen LogP contribution in [0.3, 0.4) is 0 Å². The molecule has 0 fully saturated rings. The van der Waals surface area contributed by atoms with E-state index in [-0.39, 0.29) is 23.0 Å². The monoisotopic (exact) mass is 615 g/mol. The molecule has 0 unspecified atom stereocenters. The van der Waals surface area contributed by atoms with E-state index in [0.717, 1.165) is 22.7 Å². The number of hydrogen-bond acceptors (Lipinski definition) is 6. The van der Waals surface area contributed by atoms with Crippen molar-refractivity contribution in [3.05, 3.63) is 82.9 Å². The first-order chi connectivity index (χ1) is 20.0. The molecule has 0 heterocycles. The van der Waals surface area contributed by atoms with Crippen molar-refractivity contribution in [2.45, 2.75) is 51.1 Å². The van der Waals surface area contributed by atoms with E-state index in [2.05, 4.69) is 5.32 Å². The zero-order valence-electron chi connectivity index (χ0n) is 24.6. The van der Waals surface area contributed by atoms with Gasteiger partial charge in [0.2, 0.25) is 11.8 Å². The van der Waals surface area contributed by atoms with Crippen molar-refractivity contribution in [3.8, 4) is 11.5 Å². The summed E-state index contributed by atoms with van der Waals surface area (Å²) >= 11 is 6.42. The predicted molar refractivity (Wildman–Crippen MR) is 165 cm³/mol. The molecule has 9 nitrogen and oxygen atoms in total. The van der Waals surface area contributed by atoms with Crippen LogP contribution in [-0.2, 0) is 26.2 Å². The summed E-state index contributed by atoms with van der Waals surface area (Å²) in [5, 5.41) is 3.29. The van der Waals surface area contributed by atoms with Gasteiger partial charge in [0, 0.05) is 24.2 Å². The SMILES string of the molecule is CCCCNC(=O)[C@@H](C)N(Cc1ccccc1Cl)C(=O)CN(c1ccc(OC)c(OC)c1)S(=O)(=O)c1ccc(C)cc1. The summed E-state index contributed by atoms with van der Waals surface area (Å²) < 4.78 is 39.8. The topological polar surface area (TPSA) is 105 Å². The lowest BCUT2D eigenvalue weighted by Crippen LogP contribution is -2.51. The van der Waals surface area contributed by atoms with Crippen LogP contribution < -0.4 is 19.1 Å². The molecular formula is C31H38ClN3O6S. The Kier molecular flexibility index (Phi) is 11.6. The number of rotatable bonds is 14. The lowest BCUT2D eigenvalue weighted by atomic mass is 10.1. The number of nitrogens with one attached hydrogen (secondary N) is 1. The number of halogens is 1. The van der Waals surface area contributed by atoms with Crippen LogP contribution in [0.2, 0.25) is 5.02 Å². The number of methoxy groups -OCH3 is 2. The number of ether oxygens (including phenoxy) is 2. The van der Waals surface area contributed by atoms with Gasteiger partial charge in [0.25, 0.3) is 10.0 Å². The largest absolute Gasteiger partial charge is 0.493 e. The minimum absolute atomic E-state index is 0.00518. The molecule has 0 saturated carbocycles. The van der Waals surface area contributed by atoms with Crippen LogP contribution in [0.15, 0.2) is 71.6 Å². The molecule has 0 radical (unpaired) electrons. The van der Waals surface area contributed by atoms with Gasteiger partial charge >= 0.3 is 0 Å². The van der Waals surface area contributed by atoms with E-state index in [4.69, 9.17) is 21.1 Å². The second-order valence-corrected chi connectivity index (χ2v) is 12.1. The van der Waals surface area contributed by atoms with Gasteiger partial charge in [-0.25, -0.2) is 8.42 Å².